The number of carbonyl (C=O) groups excluding carboxylic acids is 1. The van der Waals surface area contributed by atoms with Crippen LogP contribution in [0, 0.1) is 23.7 Å². The van der Waals surface area contributed by atoms with Crippen LogP contribution in [0.2, 0.25) is 0 Å². The van der Waals surface area contributed by atoms with E-state index in [2.05, 4.69) is 13.8 Å². The maximum Gasteiger partial charge on any atom is 0.139 e. The van der Waals surface area contributed by atoms with Gasteiger partial charge in [0.15, 0.2) is 0 Å². The van der Waals surface area contributed by atoms with Crippen LogP contribution in [0.3, 0.4) is 0 Å². The minimum Gasteiger partial charge on any atom is -0.299 e. The van der Waals surface area contributed by atoms with Crippen molar-refractivity contribution >= 4 is 5.78 Å². The molecule has 0 heterocycles. The van der Waals surface area contributed by atoms with Crippen LogP contribution < -0.4 is 0 Å². The van der Waals surface area contributed by atoms with Gasteiger partial charge >= 0.3 is 0 Å². The molecule has 0 amide bonds. The van der Waals surface area contributed by atoms with Crippen molar-refractivity contribution in [1.29, 1.82) is 0 Å². The van der Waals surface area contributed by atoms with Crippen molar-refractivity contribution < 1.29 is 4.79 Å². The molecule has 2 saturated carbocycles. The van der Waals surface area contributed by atoms with Crippen molar-refractivity contribution in [2.45, 2.75) is 78.1 Å². The predicted octanol–water partition coefficient (Wildman–Crippen LogP) is 4.99. The highest BCUT2D eigenvalue weighted by Crippen LogP contribution is 2.41. The lowest BCUT2D eigenvalue weighted by molar-refractivity contribution is -0.125. The molecule has 1 heteroatoms. The van der Waals surface area contributed by atoms with Crippen LogP contribution in [0.25, 0.3) is 0 Å². The normalized spacial score (nSPS) is 30.3. The van der Waals surface area contributed by atoms with Gasteiger partial charge in [-0.15, -0.1) is 0 Å². The lowest BCUT2D eigenvalue weighted by Crippen LogP contribution is -2.24. The molecule has 2 atom stereocenters. The van der Waals surface area contributed by atoms with Crippen molar-refractivity contribution in [3.05, 3.63) is 0 Å². The average molecular weight is 250 g/mol. The molecule has 2 rings (SSSR count). The second-order valence-corrected chi connectivity index (χ2v) is 7.01. The topological polar surface area (TPSA) is 17.1 Å². The number of ketones is 1. The van der Waals surface area contributed by atoms with Gasteiger partial charge in [0.2, 0.25) is 0 Å². The van der Waals surface area contributed by atoms with Crippen molar-refractivity contribution in [2.75, 3.05) is 0 Å². The van der Waals surface area contributed by atoms with Crippen LogP contribution >= 0.6 is 0 Å². The standard InChI is InChI=1S/C17H30O/c1-13(2)7-6-10-15-11-12-16(17(15)18)14-8-4-3-5-9-14/h13-16H,3-12H2,1-2H3. The van der Waals surface area contributed by atoms with Crippen molar-refractivity contribution in [2.24, 2.45) is 23.7 Å². The van der Waals surface area contributed by atoms with E-state index in [4.69, 9.17) is 0 Å². The maximum absolute atomic E-state index is 12.5. The fraction of sp³-hybridized carbons (Fsp3) is 0.941. The Morgan fingerprint density at radius 3 is 2.44 bits per heavy atom. The third-order valence-electron chi connectivity index (χ3n) is 5.15. The van der Waals surface area contributed by atoms with Crippen LogP contribution in [-0.4, -0.2) is 5.78 Å². The number of carbonyl (C=O) groups is 1. The maximum atomic E-state index is 12.5. The Hall–Kier alpha value is -0.330. The molecule has 0 aliphatic heterocycles. The lowest BCUT2D eigenvalue weighted by atomic mass is 9.78. The summed E-state index contributed by atoms with van der Waals surface area (Å²) in [5.41, 5.74) is 0. The summed E-state index contributed by atoms with van der Waals surface area (Å²) in [6, 6.07) is 0. The third kappa shape index (κ3) is 3.59. The molecular weight excluding hydrogens is 220 g/mol. The monoisotopic (exact) mass is 250 g/mol. The molecule has 0 saturated heterocycles. The summed E-state index contributed by atoms with van der Waals surface area (Å²) >= 11 is 0. The quantitative estimate of drug-likeness (QED) is 0.672. The molecule has 0 bridgehead atoms. The summed E-state index contributed by atoms with van der Waals surface area (Å²) in [6.45, 7) is 4.56. The van der Waals surface area contributed by atoms with Gasteiger partial charge in [-0.05, 0) is 43.9 Å². The van der Waals surface area contributed by atoms with E-state index in [9.17, 15) is 4.79 Å². The van der Waals surface area contributed by atoms with E-state index < -0.39 is 0 Å². The summed E-state index contributed by atoms with van der Waals surface area (Å²) in [4.78, 5) is 12.5. The second-order valence-electron chi connectivity index (χ2n) is 7.01. The van der Waals surface area contributed by atoms with E-state index >= 15 is 0 Å². The van der Waals surface area contributed by atoms with Gasteiger partial charge in [0.1, 0.15) is 5.78 Å². The van der Waals surface area contributed by atoms with Crippen molar-refractivity contribution in [3.8, 4) is 0 Å². The van der Waals surface area contributed by atoms with E-state index in [0.29, 0.717) is 17.6 Å². The van der Waals surface area contributed by atoms with Gasteiger partial charge in [0.05, 0.1) is 0 Å². The minimum atomic E-state index is 0.427. The van der Waals surface area contributed by atoms with Crippen molar-refractivity contribution in [3.63, 3.8) is 0 Å². The Kier molecular flexibility index (Phi) is 5.26. The largest absolute Gasteiger partial charge is 0.299 e. The Bertz CT molecular complexity index is 263. The summed E-state index contributed by atoms with van der Waals surface area (Å²) in [5.74, 6) is 3.06. The molecule has 2 aliphatic carbocycles. The second kappa shape index (κ2) is 6.73. The highest BCUT2D eigenvalue weighted by molar-refractivity contribution is 5.85. The van der Waals surface area contributed by atoms with Crippen LogP contribution in [0.5, 0.6) is 0 Å². The zero-order valence-corrected chi connectivity index (χ0v) is 12.3. The Morgan fingerprint density at radius 1 is 1.06 bits per heavy atom. The van der Waals surface area contributed by atoms with Gasteiger partial charge in [0.25, 0.3) is 0 Å². The third-order valence-corrected chi connectivity index (χ3v) is 5.15. The first-order valence-electron chi connectivity index (χ1n) is 8.22. The summed E-state index contributed by atoms with van der Waals surface area (Å²) in [7, 11) is 0. The molecule has 2 unspecified atom stereocenters. The molecule has 0 radical (unpaired) electrons. The molecule has 0 aromatic rings. The molecule has 2 fully saturated rings. The van der Waals surface area contributed by atoms with Crippen molar-refractivity contribution in [1.82, 2.24) is 0 Å². The van der Waals surface area contributed by atoms with Gasteiger partial charge in [-0.2, -0.15) is 0 Å². The number of rotatable bonds is 5. The first kappa shape index (κ1) is 14.1. The fourth-order valence-electron chi connectivity index (χ4n) is 4.03. The molecule has 18 heavy (non-hydrogen) atoms. The Labute approximate surface area is 113 Å². The average Bonchev–Trinajstić information content (AvgIpc) is 2.72. The molecule has 2 aliphatic rings. The summed E-state index contributed by atoms with van der Waals surface area (Å²) in [6.07, 6.45) is 12.9. The Morgan fingerprint density at radius 2 is 1.78 bits per heavy atom. The van der Waals surface area contributed by atoms with Gasteiger partial charge in [-0.25, -0.2) is 0 Å². The number of hydrogen-bond donors (Lipinski definition) is 0. The molecule has 0 N–H and O–H groups in total. The zero-order valence-electron chi connectivity index (χ0n) is 12.3. The highest BCUT2D eigenvalue weighted by Gasteiger charge is 2.38. The SMILES string of the molecule is CC(C)CCCC1CCC(C2CCCCC2)C1=O. The predicted molar refractivity (Wildman–Crippen MR) is 76.5 cm³/mol. The minimum absolute atomic E-state index is 0.427. The van der Waals surface area contributed by atoms with E-state index in [1.807, 2.05) is 0 Å². The first-order valence-corrected chi connectivity index (χ1v) is 8.22. The van der Waals surface area contributed by atoms with Crippen LogP contribution in [0.4, 0.5) is 0 Å². The van der Waals surface area contributed by atoms with Crippen LogP contribution in [0.15, 0.2) is 0 Å². The van der Waals surface area contributed by atoms with E-state index in [1.165, 1.54) is 64.2 Å². The highest BCUT2D eigenvalue weighted by atomic mass is 16.1. The number of Topliss-reactive ketones (excluding diaryl/α,β-unsaturated/α-hetero) is 1. The fourth-order valence-corrected chi connectivity index (χ4v) is 4.03. The molecule has 1 nitrogen and oxygen atoms in total. The lowest BCUT2D eigenvalue weighted by Gasteiger charge is -2.26. The zero-order chi connectivity index (χ0) is 13.0. The molecule has 0 aromatic heterocycles. The molecule has 0 aromatic carbocycles. The van der Waals surface area contributed by atoms with E-state index in [0.717, 1.165) is 11.8 Å². The van der Waals surface area contributed by atoms with Crippen LogP contribution in [-0.2, 0) is 4.79 Å². The first-order chi connectivity index (χ1) is 8.68. The molecular formula is C17H30O. The summed E-state index contributed by atoms with van der Waals surface area (Å²) < 4.78 is 0. The Balaban J connectivity index is 1.77. The van der Waals surface area contributed by atoms with Gasteiger partial charge in [0, 0.05) is 11.8 Å². The molecule has 104 valence electrons. The smallest absolute Gasteiger partial charge is 0.139 e. The van der Waals surface area contributed by atoms with Gasteiger partial charge < -0.3 is 0 Å². The van der Waals surface area contributed by atoms with Crippen LogP contribution in [0.1, 0.15) is 78.1 Å². The van der Waals surface area contributed by atoms with E-state index in [1.54, 1.807) is 0 Å². The number of hydrogen-bond acceptors (Lipinski definition) is 1. The summed E-state index contributed by atoms with van der Waals surface area (Å²) in [5, 5.41) is 0. The van der Waals surface area contributed by atoms with E-state index in [-0.39, 0.29) is 0 Å². The molecule has 0 spiro atoms. The van der Waals surface area contributed by atoms with Gasteiger partial charge in [-0.3, -0.25) is 4.79 Å². The van der Waals surface area contributed by atoms with Gasteiger partial charge in [-0.1, -0.05) is 46.0 Å².